The molecule has 2 unspecified atom stereocenters. The molecule has 2 atom stereocenters. The van der Waals surface area contributed by atoms with Crippen molar-refractivity contribution in [3.63, 3.8) is 0 Å². The molecule has 208 valence electrons. The van der Waals surface area contributed by atoms with Crippen LogP contribution in [0.3, 0.4) is 0 Å². The Morgan fingerprint density at radius 2 is 1.54 bits per heavy atom. The number of carbonyl (C=O) groups is 1. The highest BCUT2D eigenvalue weighted by Crippen LogP contribution is 2.34. The number of amides is 1. The summed E-state index contributed by atoms with van der Waals surface area (Å²) in [7, 11) is 0. The average molecular weight is 515 g/mol. The van der Waals surface area contributed by atoms with Gasteiger partial charge in [0.2, 0.25) is 11.9 Å². The molecule has 3 aliphatic rings. The van der Waals surface area contributed by atoms with E-state index in [2.05, 4.69) is 46.3 Å². The van der Waals surface area contributed by atoms with Crippen LogP contribution in [-0.4, -0.2) is 94.8 Å². The van der Waals surface area contributed by atoms with E-state index >= 15 is 0 Å². The van der Waals surface area contributed by atoms with Crippen molar-refractivity contribution in [1.82, 2.24) is 25.1 Å². The van der Waals surface area contributed by atoms with E-state index in [1.807, 2.05) is 0 Å². The Hall–Kier alpha value is -1.77. The summed E-state index contributed by atoms with van der Waals surface area (Å²) in [6.07, 6.45) is 17.8. The standard InChI is InChI=1S/C29H50N6O2/c1-23(2)34-20-26-10-11-27(21-34)35(26)29-31-18-25(19-32-29)24-12-16-33(17-13-24)15-9-7-5-3-4-6-8-14-30-28(37)22-36/h18-19,23-24,26-27,36H,3-17,20-22H2,1-2H3,(H,30,37). The van der Waals surface area contributed by atoms with E-state index in [9.17, 15) is 4.79 Å². The number of aliphatic hydroxyl groups is 1. The number of anilines is 1. The van der Waals surface area contributed by atoms with Gasteiger partial charge in [-0.3, -0.25) is 9.69 Å². The average Bonchev–Trinajstić information content (AvgIpc) is 3.18. The number of nitrogens with one attached hydrogen (secondary N) is 1. The molecule has 0 aromatic carbocycles. The van der Waals surface area contributed by atoms with Crippen LogP contribution >= 0.6 is 0 Å². The van der Waals surface area contributed by atoms with Gasteiger partial charge in [0, 0.05) is 50.2 Å². The number of hydrogen-bond donors (Lipinski definition) is 2. The number of carbonyl (C=O) groups excluding carboxylic acids is 1. The van der Waals surface area contributed by atoms with Crippen molar-refractivity contribution in [1.29, 1.82) is 0 Å². The molecule has 8 nitrogen and oxygen atoms in total. The molecule has 1 amide bonds. The van der Waals surface area contributed by atoms with Crippen LogP contribution < -0.4 is 10.2 Å². The van der Waals surface area contributed by atoms with Gasteiger partial charge in [0.05, 0.1) is 0 Å². The van der Waals surface area contributed by atoms with Gasteiger partial charge in [0.25, 0.3) is 0 Å². The molecule has 0 saturated carbocycles. The quantitative estimate of drug-likeness (QED) is 0.367. The van der Waals surface area contributed by atoms with E-state index in [0.29, 0.717) is 30.6 Å². The topological polar surface area (TPSA) is 84.8 Å². The van der Waals surface area contributed by atoms with Crippen molar-refractivity contribution in [2.24, 2.45) is 0 Å². The molecule has 0 spiro atoms. The first-order valence-electron chi connectivity index (χ1n) is 15.0. The molecule has 2 N–H and O–H groups in total. The monoisotopic (exact) mass is 514 g/mol. The zero-order chi connectivity index (χ0) is 26.0. The van der Waals surface area contributed by atoms with Gasteiger partial charge in [0.1, 0.15) is 6.61 Å². The minimum atomic E-state index is -0.406. The molecule has 3 aliphatic heterocycles. The summed E-state index contributed by atoms with van der Waals surface area (Å²) in [6.45, 7) is 10.8. The maximum atomic E-state index is 11.0. The molecule has 4 rings (SSSR count). The fourth-order valence-electron chi connectivity index (χ4n) is 6.48. The lowest BCUT2D eigenvalue weighted by Gasteiger charge is -2.42. The number of fused-ring (bicyclic) bond motifs is 2. The normalized spacial score (nSPS) is 23.2. The predicted molar refractivity (Wildman–Crippen MR) is 149 cm³/mol. The van der Waals surface area contributed by atoms with Gasteiger partial charge in [-0.05, 0) is 83.5 Å². The number of rotatable bonds is 14. The van der Waals surface area contributed by atoms with Gasteiger partial charge >= 0.3 is 0 Å². The van der Waals surface area contributed by atoms with E-state index in [1.165, 1.54) is 83.0 Å². The van der Waals surface area contributed by atoms with Crippen LogP contribution in [0.25, 0.3) is 0 Å². The molecule has 3 saturated heterocycles. The fourth-order valence-corrected chi connectivity index (χ4v) is 6.48. The van der Waals surface area contributed by atoms with Crippen molar-refractivity contribution in [2.45, 2.75) is 109 Å². The Balaban J connectivity index is 1.08. The van der Waals surface area contributed by atoms with Crippen LogP contribution in [0.4, 0.5) is 5.95 Å². The van der Waals surface area contributed by atoms with E-state index < -0.39 is 6.61 Å². The lowest BCUT2D eigenvalue weighted by molar-refractivity contribution is -0.123. The summed E-state index contributed by atoms with van der Waals surface area (Å²) in [5.74, 6) is 1.28. The van der Waals surface area contributed by atoms with Gasteiger partial charge < -0.3 is 20.2 Å². The van der Waals surface area contributed by atoms with Crippen molar-refractivity contribution in [3.05, 3.63) is 18.0 Å². The summed E-state index contributed by atoms with van der Waals surface area (Å²) in [5.41, 5.74) is 1.33. The minimum Gasteiger partial charge on any atom is -0.387 e. The third-order valence-corrected chi connectivity index (χ3v) is 8.81. The molecule has 4 heterocycles. The Labute approximate surface area is 224 Å². The third-order valence-electron chi connectivity index (χ3n) is 8.81. The molecule has 8 heteroatoms. The number of likely N-dealkylation sites (tertiary alicyclic amines) is 2. The van der Waals surface area contributed by atoms with Gasteiger partial charge in [-0.1, -0.05) is 32.1 Å². The molecule has 1 aromatic heterocycles. The first-order chi connectivity index (χ1) is 18.0. The van der Waals surface area contributed by atoms with Gasteiger partial charge in [0.15, 0.2) is 0 Å². The lowest BCUT2D eigenvalue weighted by atomic mass is 9.91. The van der Waals surface area contributed by atoms with Crippen LogP contribution in [0.2, 0.25) is 0 Å². The maximum Gasteiger partial charge on any atom is 0.245 e. The maximum absolute atomic E-state index is 11.0. The zero-order valence-corrected chi connectivity index (χ0v) is 23.3. The van der Waals surface area contributed by atoms with E-state index in [4.69, 9.17) is 15.1 Å². The highest BCUT2D eigenvalue weighted by atomic mass is 16.3. The second-order valence-electron chi connectivity index (χ2n) is 11.8. The van der Waals surface area contributed by atoms with Crippen molar-refractivity contribution >= 4 is 11.9 Å². The number of piperidine rings is 1. The summed E-state index contributed by atoms with van der Waals surface area (Å²) in [5, 5.41) is 11.4. The summed E-state index contributed by atoms with van der Waals surface area (Å²) >= 11 is 0. The smallest absolute Gasteiger partial charge is 0.245 e. The Bertz CT molecular complexity index is 797. The van der Waals surface area contributed by atoms with Crippen LogP contribution in [-0.2, 0) is 4.79 Å². The molecule has 1 aromatic rings. The number of aliphatic hydroxyl groups excluding tert-OH is 1. The van der Waals surface area contributed by atoms with E-state index in [0.717, 1.165) is 31.9 Å². The van der Waals surface area contributed by atoms with Gasteiger partial charge in [-0.15, -0.1) is 0 Å². The number of aromatic nitrogens is 2. The molecular formula is C29H50N6O2. The van der Waals surface area contributed by atoms with Crippen LogP contribution in [0, 0.1) is 0 Å². The first kappa shape index (κ1) is 28.2. The molecule has 3 fully saturated rings. The fraction of sp³-hybridized carbons (Fsp3) is 0.828. The van der Waals surface area contributed by atoms with Crippen LogP contribution in [0.5, 0.6) is 0 Å². The van der Waals surface area contributed by atoms with Crippen molar-refractivity contribution in [3.8, 4) is 0 Å². The number of hydrogen-bond acceptors (Lipinski definition) is 7. The van der Waals surface area contributed by atoms with Crippen LogP contribution in [0.1, 0.15) is 96.0 Å². The second kappa shape index (κ2) is 14.4. The van der Waals surface area contributed by atoms with Crippen molar-refractivity contribution in [2.75, 3.05) is 50.8 Å². The molecule has 2 bridgehead atoms. The Morgan fingerprint density at radius 3 is 2.14 bits per heavy atom. The molecular weight excluding hydrogens is 464 g/mol. The number of piperazine rings is 1. The highest BCUT2D eigenvalue weighted by Gasteiger charge is 2.41. The summed E-state index contributed by atoms with van der Waals surface area (Å²) in [6, 6.07) is 1.76. The predicted octanol–water partition coefficient (Wildman–Crippen LogP) is 3.56. The number of nitrogens with zero attached hydrogens (tertiary/aromatic N) is 5. The Morgan fingerprint density at radius 1 is 0.946 bits per heavy atom. The largest absolute Gasteiger partial charge is 0.387 e. The third kappa shape index (κ3) is 8.11. The molecule has 37 heavy (non-hydrogen) atoms. The summed E-state index contributed by atoms with van der Waals surface area (Å²) < 4.78 is 0. The van der Waals surface area contributed by atoms with Gasteiger partial charge in [-0.2, -0.15) is 0 Å². The first-order valence-corrected chi connectivity index (χ1v) is 15.0. The Kier molecular flexibility index (Phi) is 11.0. The zero-order valence-electron chi connectivity index (χ0n) is 23.3. The molecule has 0 radical (unpaired) electrons. The SMILES string of the molecule is CC(C)N1CC2CCC(C1)N2c1ncc(C2CCN(CCCCCCCCCNC(=O)CO)CC2)cn1. The lowest BCUT2D eigenvalue weighted by Crippen LogP contribution is -2.56. The molecule has 0 aliphatic carbocycles. The van der Waals surface area contributed by atoms with Crippen molar-refractivity contribution < 1.29 is 9.90 Å². The highest BCUT2D eigenvalue weighted by molar-refractivity contribution is 5.76. The van der Waals surface area contributed by atoms with E-state index in [-0.39, 0.29) is 5.91 Å². The second-order valence-corrected chi connectivity index (χ2v) is 11.8. The summed E-state index contributed by atoms with van der Waals surface area (Å²) in [4.78, 5) is 28.5. The minimum absolute atomic E-state index is 0.270. The number of unbranched alkanes of at least 4 members (excludes halogenated alkanes) is 6. The van der Waals surface area contributed by atoms with E-state index in [1.54, 1.807) is 0 Å². The van der Waals surface area contributed by atoms with Gasteiger partial charge in [-0.25, -0.2) is 9.97 Å². The van der Waals surface area contributed by atoms with Crippen LogP contribution in [0.15, 0.2) is 12.4 Å².